The van der Waals surface area contributed by atoms with E-state index >= 15 is 0 Å². The third kappa shape index (κ3) is 6.13. The normalized spacial score (nSPS) is 14.0. The Kier molecular flexibility index (Phi) is 8.81. The zero-order chi connectivity index (χ0) is 21.2. The van der Waals surface area contributed by atoms with Crippen LogP contribution in [0.5, 0.6) is 0 Å². The SMILES string of the molecule is C=C(C)C(=O)OCCCCOC(=O)/C(C#N)=C1\Sc2ccccc2N1CCCC. The van der Waals surface area contributed by atoms with Gasteiger partial charge in [-0.25, -0.2) is 9.59 Å². The third-order valence-corrected chi connectivity index (χ3v) is 5.41. The van der Waals surface area contributed by atoms with Gasteiger partial charge in [-0.3, -0.25) is 0 Å². The van der Waals surface area contributed by atoms with E-state index in [-0.39, 0.29) is 18.8 Å². The molecule has 0 atom stereocenters. The Labute approximate surface area is 176 Å². The average molecular weight is 415 g/mol. The van der Waals surface area contributed by atoms with Gasteiger partial charge in [-0.15, -0.1) is 0 Å². The Morgan fingerprint density at radius 2 is 1.79 bits per heavy atom. The topological polar surface area (TPSA) is 79.6 Å². The molecule has 0 N–H and O–H groups in total. The van der Waals surface area contributed by atoms with Crippen molar-refractivity contribution in [2.45, 2.75) is 44.4 Å². The zero-order valence-corrected chi connectivity index (χ0v) is 17.7. The Morgan fingerprint density at radius 3 is 2.41 bits per heavy atom. The molecule has 0 saturated carbocycles. The highest BCUT2D eigenvalue weighted by atomic mass is 32.2. The van der Waals surface area contributed by atoms with Crippen molar-refractivity contribution in [3.05, 3.63) is 47.0 Å². The van der Waals surface area contributed by atoms with Gasteiger partial charge in [0.25, 0.3) is 0 Å². The number of ether oxygens (including phenoxy) is 2. The van der Waals surface area contributed by atoms with Crippen LogP contribution in [-0.4, -0.2) is 31.7 Å². The van der Waals surface area contributed by atoms with E-state index < -0.39 is 11.9 Å². The van der Waals surface area contributed by atoms with E-state index in [0.29, 0.717) is 23.4 Å². The standard InChI is InChI=1S/C22H26N2O4S/c1-4-5-12-24-18-10-6-7-11-19(18)29-20(24)17(15-23)22(26)28-14-9-8-13-27-21(25)16(2)3/h6-7,10-11H,2,4-5,8-9,12-14H2,1,3H3/b20-17-. The minimum atomic E-state index is -0.622. The van der Waals surface area contributed by atoms with Gasteiger partial charge in [0, 0.05) is 17.0 Å². The summed E-state index contributed by atoms with van der Waals surface area (Å²) in [5, 5.41) is 10.2. The van der Waals surface area contributed by atoms with E-state index in [9.17, 15) is 14.9 Å². The molecule has 0 aliphatic carbocycles. The van der Waals surface area contributed by atoms with E-state index in [1.54, 1.807) is 6.92 Å². The molecule has 29 heavy (non-hydrogen) atoms. The molecule has 6 nitrogen and oxygen atoms in total. The first-order chi connectivity index (χ1) is 14.0. The van der Waals surface area contributed by atoms with E-state index in [4.69, 9.17) is 9.47 Å². The second kappa shape index (κ2) is 11.3. The molecular weight excluding hydrogens is 388 g/mol. The van der Waals surface area contributed by atoms with Crippen LogP contribution in [0, 0.1) is 11.3 Å². The number of benzene rings is 1. The quantitative estimate of drug-likeness (QED) is 0.240. The lowest BCUT2D eigenvalue weighted by Gasteiger charge is -2.20. The summed E-state index contributed by atoms with van der Waals surface area (Å²) in [6, 6.07) is 9.90. The average Bonchev–Trinajstić information content (AvgIpc) is 3.07. The van der Waals surface area contributed by atoms with Crippen molar-refractivity contribution in [2.24, 2.45) is 0 Å². The van der Waals surface area contributed by atoms with Crippen LogP contribution in [0.25, 0.3) is 0 Å². The third-order valence-electron chi connectivity index (χ3n) is 4.23. The maximum atomic E-state index is 12.5. The Hall–Kier alpha value is -2.72. The number of esters is 2. The van der Waals surface area contributed by atoms with Crippen molar-refractivity contribution < 1.29 is 19.1 Å². The predicted octanol–water partition coefficient (Wildman–Crippen LogP) is 4.58. The lowest BCUT2D eigenvalue weighted by molar-refractivity contribution is -0.141. The van der Waals surface area contributed by atoms with Crippen molar-refractivity contribution >= 4 is 29.4 Å². The number of rotatable bonds is 10. The van der Waals surface area contributed by atoms with Crippen LogP contribution in [0.2, 0.25) is 0 Å². The number of hydrogen-bond donors (Lipinski definition) is 0. The number of thioether (sulfide) groups is 1. The molecule has 1 aromatic rings. The van der Waals surface area contributed by atoms with Crippen LogP contribution < -0.4 is 4.90 Å². The molecule has 0 spiro atoms. The number of unbranched alkanes of at least 4 members (excludes halogenated alkanes) is 2. The maximum Gasteiger partial charge on any atom is 0.351 e. The van der Waals surface area contributed by atoms with E-state index in [0.717, 1.165) is 30.0 Å². The molecule has 1 heterocycles. The number of para-hydroxylation sites is 1. The molecule has 0 bridgehead atoms. The van der Waals surface area contributed by atoms with Gasteiger partial charge in [-0.1, -0.05) is 43.8 Å². The molecule has 0 aromatic heterocycles. The van der Waals surface area contributed by atoms with Crippen LogP contribution in [0.15, 0.2) is 51.9 Å². The lowest BCUT2D eigenvalue weighted by Crippen LogP contribution is -2.22. The summed E-state index contributed by atoms with van der Waals surface area (Å²) in [4.78, 5) is 26.9. The largest absolute Gasteiger partial charge is 0.462 e. The number of fused-ring (bicyclic) bond motifs is 1. The number of hydrogen-bond acceptors (Lipinski definition) is 7. The Balaban J connectivity index is 1.97. The fourth-order valence-corrected chi connectivity index (χ4v) is 3.84. The first-order valence-electron chi connectivity index (χ1n) is 9.68. The summed E-state index contributed by atoms with van der Waals surface area (Å²) in [6.07, 6.45) is 3.07. The van der Waals surface area contributed by atoms with Crippen LogP contribution in [0.4, 0.5) is 5.69 Å². The summed E-state index contributed by atoms with van der Waals surface area (Å²) in [5.74, 6) is -1.05. The fraction of sp³-hybridized carbons (Fsp3) is 0.409. The maximum absolute atomic E-state index is 12.5. The smallest absolute Gasteiger partial charge is 0.351 e. The van der Waals surface area contributed by atoms with Crippen molar-refractivity contribution in [1.82, 2.24) is 0 Å². The highest BCUT2D eigenvalue weighted by Crippen LogP contribution is 2.47. The zero-order valence-electron chi connectivity index (χ0n) is 16.9. The first kappa shape index (κ1) is 22.6. The molecule has 1 aliphatic rings. The van der Waals surface area contributed by atoms with Gasteiger partial charge < -0.3 is 14.4 Å². The first-order valence-corrected chi connectivity index (χ1v) is 10.5. The second-order valence-corrected chi connectivity index (χ2v) is 7.66. The molecule has 154 valence electrons. The van der Waals surface area contributed by atoms with Crippen LogP contribution >= 0.6 is 11.8 Å². The number of nitriles is 1. The van der Waals surface area contributed by atoms with Crippen molar-refractivity contribution in [3.8, 4) is 6.07 Å². The van der Waals surface area contributed by atoms with Crippen LogP contribution in [-0.2, 0) is 19.1 Å². The summed E-state index contributed by atoms with van der Waals surface area (Å²) < 4.78 is 10.3. The van der Waals surface area contributed by atoms with Gasteiger partial charge in [0.2, 0.25) is 0 Å². The summed E-state index contributed by atoms with van der Waals surface area (Å²) in [5.41, 5.74) is 1.39. The highest BCUT2D eigenvalue weighted by Gasteiger charge is 2.30. The number of nitrogens with zero attached hydrogens (tertiary/aromatic N) is 2. The van der Waals surface area contributed by atoms with Gasteiger partial charge in [0.05, 0.1) is 18.9 Å². The Bertz CT molecular complexity index is 841. The van der Waals surface area contributed by atoms with Crippen molar-refractivity contribution in [3.63, 3.8) is 0 Å². The highest BCUT2D eigenvalue weighted by molar-refractivity contribution is 8.03. The van der Waals surface area contributed by atoms with Gasteiger partial charge in [-0.05, 0) is 38.3 Å². The summed E-state index contributed by atoms with van der Waals surface area (Å²) in [6.45, 7) is 8.35. The number of carbonyl (C=O) groups is 2. The predicted molar refractivity (Wildman–Crippen MR) is 113 cm³/mol. The fourth-order valence-electron chi connectivity index (χ4n) is 2.67. The minimum absolute atomic E-state index is 0.0241. The van der Waals surface area contributed by atoms with Gasteiger partial charge >= 0.3 is 11.9 Å². The van der Waals surface area contributed by atoms with E-state index in [2.05, 4.69) is 13.5 Å². The molecule has 0 radical (unpaired) electrons. The molecule has 7 heteroatoms. The van der Waals surface area contributed by atoms with Crippen LogP contribution in [0.1, 0.15) is 39.5 Å². The summed E-state index contributed by atoms with van der Waals surface area (Å²) >= 11 is 1.43. The molecule has 2 rings (SSSR count). The van der Waals surface area contributed by atoms with Gasteiger partial charge in [0.15, 0.2) is 5.57 Å². The molecule has 0 saturated heterocycles. The van der Waals surface area contributed by atoms with Crippen molar-refractivity contribution in [2.75, 3.05) is 24.7 Å². The molecule has 1 aliphatic heterocycles. The van der Waals surface area contributed by atoms with Crippen molar-refractivity contribution in [1.29, 1.82) is 5.26 Å². The second-order valence-electron chi connectivity index (χ2n) is 6.63. The molecule has 0 fully saturated rings. The number of anilines is 1. The minimum Gasteiger partial charge on any atom is -0.462 e. The van der Waals surface area contributed by atoms with E-state index in [1.165, 1.54) is 11.8 Å². The lowest BCUT2D eigenvalue weighted by atomic mass is 10.2. The molecular formula is C22H26N2O4S. The molecule has 0 unspecified atom stereocenters. The summed E-state index contributed by atoms with van der Waals surface area (Å²) in [7, 11) is 0. The van der Waals surface area contributed by atoms with Gasteiger partial charge in [-0.2, -0.15) is 5.26 Å². The molecule has 0 amide bonds. The van der Waals surface area contributed by atoms with E-state index in [1.807, 2.05) is 35.2 Å². The monoisotopic (exact) mass is 414 g/mol. The van der Waals surface area contributed by atoms with Crippen LogP contribution in [0.3, 0.4) is 0 Å². The molecule has 1 aromatic carbocycles. The van der Waals surface area contributed by atoms with Gasteiger partial charge in [0.1, 0.15) is 11.1 Å². The number of carbonyl (C=O) groups excluding carboxylic acids is 2. The Morgan fingerprint density at radius 1 is 1.14 bits per heavy atom.